The lowest BCUT2D eigenvalue weighted by Gasteiger charge is -2.35. The summed E-state index contributed by atoms with van der Waals surface area (Å²) in [5, 5.41) is 38.6. The highest BCUT2D eigenvalue weighted by atomic mass is 16.8. The minimum Gasteiger partial charge on any atom is -0.347 e. The van der Waals surface area contributed by atoms with E-state index in [2.05, 4.69) is 0 Å². The van der Waals surface area contributed by atoms with Gasteiger partial charge in [-0.3, -0.25) is 20.2 Å². The Morgan fingerprint density at radius 1 is 1.11 bits per heavy atom. The molecule has 11 nitrogen and oxygen atoms in total. The normalized spacial score (nSPS) is 35.9. The van der Waals surface area contributed by atoms with Crippen LogP contribution in [-0.2, 0) is 4.84 Å². The predicted octanol–water partition coefficient (Wildman–Crippen LogP) is -1.89. The number of nitrogens with zero attached hydrogens (tertiary/aromatic N) is 4. The summed E-state index contributed by atoms with van der Waals surface area (Å²) in [5.41, 5.74) is 0. The molecule has 0 radical (unpaired) electrons. The molecule has 102 valence electrons. The van der Waals surface area contributed by atoms with Crippen molar-refractivity contribution >= 4 is 12.1 Å². The molecule has 4 N–H and O–H groups in total. The summed E-state index contributed by atoms with van der Waals surface area (Å²) in [7, 11) is 1.00. The van der Waals surface area contributed by atoms with Crippen LogP contribution in [0.4, 0.5) is 9.59 Å². The predicted molar refractivity (Wildman–Crippen MR) is 49.2 cm³/mol. The van der Waals surface area contributed by atoms with Crippen molar-refractivity contribution in [1.82, 2.24) is 20.1 Å². The average molecular weight is 264 g/mol. The van der Waals surface area contributed by atoms with E-state index in [1.807, 2.05) is 0 Å². The zero-order chi connectivity index (χ0) is 13.9. The number of aliphatic hydroxyl groups is 2. The first-order chi connectivity index (χ1) is 8.24. The van der Waals surface area contributed by atoms with Gasteiger partial charge >= 0.3 is 23.8 Å². The van der Waals surface area contributed by atoms with E-state index >= 15 is 0 Å². The molecule has 2 saturated heterocycles. The van der Waals surface area contributed by atoms with Gasteiger partial charge in [-0.2, -0.15) is 0 Å². The number of hydroxylamine groups is 6. The van der Waals surface area contributed by atoms with Gasteiger partial charge in [0.25, 0.3) is 0 Å². The maximum Gasteiger partial charge on any atom is 0.376 e. The van der Waals surface area contributed by atoms with Crippen molar-refractivity contribution in [3.05, 3.63) is 0 Å². The van der Waals surface area contributed by atoms with E-state index in [4.69, 9.17) is 4.84 Å². The summed E-state index contributed by atoms with van der Waals surface area (Å²) < 4.78 is 0. The zero-order valence-electron chi connectivity index (χ0n) is 9.51. The van der Waals surface area contributed by atoms with Gasteiger partial charge in [0, 0.05) is 7.05 Å². The fourth-order valence-electron chi connectivity index (χ4n) is 1.91. The van der Waals surface area contributed by atoms with Gasteiger partial charge in [0.15, 0.2) is 0 Å². The Balaban J connectivity index is 2.59. The van der Waals surface area contributed by atoms with Crippen LogP contribution in [0.25, 0.3) is 0 Å². The molecule has 2 rings (SSSR count). The fraction of sp³-hybridized carbons (Fsp3) is 0.714. The molecule has 0 aromatic rings. The van der Waals surface area contributed by atoms with Crippen molar-refractivity contribution in [1.29, 1.82) is 0 Å². The number of hydrogen-bond donors (Lipinski definition) is 4. The van der Waals surface area contributed by atoms with Gasteiger partial charge in [-0.25, -0.2) is 9.59 Å². The Hall–Kier alpha value is -1.66. The number of rotatable bonds is 2. The van der Waals surface area contributed by atoms with E-state index in [0.717, 1.165) is 7.05 Å². The molecular formula is C7H12N4O7. The van der Waals surface area contributed by atoms with Crippen molar-refractivity contribution in [2.45, 2.75) is 18.6 Å². The number of amides is 4. The lowest BCUT2D eigenvalue weighted by Crippen LogP contribution is -2.67. The topological polar surface area (TPSA) is 137 Å². The van der Waals surface area contributed by atoms with Crippen molar-refractivity contribution in [2.24, 2.45) is 0 Å². The van der Waals surface area contributed by atoms with Gasteiger partial charge in [0.1, 0.15) is 0 Å². The molecule has 2 unspecified atom stereocenters. The molecule has 4 amide bonds. The van der Waals surface area contributed by atoms with E-state index in [1.54, 1.807) is 0 Å². The quantitative estimate of drug-likeness (QED) is 0.428. The number of likely N-dealkylation sites (N-methyl/N-ethyl adjacent to an activating group) is 1. The smallest absolute Gasteiger partial charge is 0.347 e. The standard InChI is InChI=1S/C7H12N4O7/c1-3-18-11-4(12)8(2)6(14)7(11,15)10(17)5(13)9(6)16/h14-17H,3H2,1-2H3. The maximum atomic E-state index is 11.7. The average Bonchev–Trinajstić information content (AvgIpc) is 2.58. The Kier molecular flexibility index (Phi) is 2.43. The third-order valence-electron chi connectivity index (χ3n) is 2.87. The van der Waals surface area contributed by atoms with E-state index < -0.39 is 28.8 Å². The van der Waals surface area contributed by atoms with Crippen LogP contribution in [0.15, 0.2) is 0 Å². The first-order valence-corrected chi connectivity index (χ1v) is 4.92. The van der Waals surface area contributed by atoms with Gasteiger partial charge < -0.3 is 10.2 Å². The van der Waals surface area contributed by atoms with E-state index in [9.17, 15) is 30.2 Å². The van der Waals surface area contributed by atoms with Crippen molar-refractivity contribution in [3.63, 3.8) is 0 Å². The van der Waals surface area contributed by atoms with Crippen LogP contribution in [-0.4, -0.2) is 78.1 Å². The number of carbonyl (C=O) groups is 2. The first-order valence-electron chi connectivity index (χ1n) is 4.92. The molecule has 18 heavy (non-hydrogen) atoms. The van der Waals surface area contributed by atoms with Gasteiger partial charge in [0.05, 0.1) is 6.61 Å². The summed E-state index contributed by atoms with van der Waals surface area (Å²) in [5.74, 6) is -5.88. The Morgan fingerprint density at radius 3 is 2.11 bits per heavy atom. The molecule has 2 atom stereocenters. The zero-order valence-corrected chi connectivity index (χ0v) is 9.51. The minimum absolute atomic E-state index is 0.0918. The number of carbonyl (C=O) groups excluding carboxylic acids is 2. The third-order valence-corrected chi connectivity index (χ3v) is 2.87. The van der Waals surface area contributed by atoms with Crippen LogP contribution in [0.5, 0.6) is 0 Å². The third kappa shape index (κ3) is 1.01. The summed E-state index contributed by atoms with van der Waals surface area (Å²) in [6.07, 6.45) is 0. The Morgan fingerprint density at radius 2 is 1.61 bits per heavy atom. The second kappa shape index (κ2) is 3.43. The molecule has 0 bridgehead atoms. The molecule has 0 saturated carbocycles. The molecule has 2 heterocycles. The van der Waals surface area contributed by atoms with Gasteiger partial charge in [-0.1, -0.05) is 0 Å². The molecule has 0 spiro atoms. The monoisotopic (exact) mass is 264 g/mol. The highest BCUT2D eigenvalue weighted by Gasteiger charge is 2.81. The lowest BCUT2D eigenvalue weighted by atomic mass is 10.3. The van der Waals surface area contributed by atoms with Crippen molar-refractivity contribution in [2.75, 3.05) is 13.7 Å². The minimum atomic E-state index is -2.99. The Labute approximate surface area is 100 Å². The lowest BCUT2D eigenvalue weighted by molar-refractivity contribution is -0.411. The molecule has 0 aromatic carbocycles. The van der Waals surface area contributed by atoms with Crippen LogP contribution in [0.2, 0.25) is 0 Å². The van der Waals surface area contributed by atoms with Crippen molar-refractivity contribution < 1.29 is 35.1 Å². The van der Waals surface area contributed by atoms with Crippen LogP contribution >= 0.6 is 0 Å². The molecule has 2 aliphatic rings. The fourth-order valence-corrected chi connectivity index (χ4v) is 1.91. The second-order valence-corrected chi connectivity index (χ2v) is 3.73. The molecule has 2 fully saturated rings. The van der Waals surface area contributed by atoms with Gasteiger partial charge in [-0.05, 0) is 6.92 Å². The Bertz CT molecular complexity index is 419. The maximum absolute atomic E-state index is 11.7. The molecular weight excluding hydrogens is 252 g/mol. The van der Waals surface area contributed by atoms with Gasteiger partial charge in [-0.15, -0.1) is 15.2 Å². The molecule has 0 aliphatic carbocycles. The SMILES string of the molecule is CCON1C(=O)N(C)C2(O)N(O)C(=O)N(O)C12O. The van der Waals surface area contributed by atoms with E-state index in [1.165, 1.54) is 6.92 Å². The van der Waals surface area contributed by atoms with Crippen LogP contribution in [0.3, 0.4) is 0 Å². The first kappa shape index (κ1) is 12.8. The summed E-state index contributed by atoms with van der Waals surface area (Å²) in [6, 6.07) is -2.59. The summed E-state index contributed by atoms with van der Waals surface area (Å²) in [4.78, 5) is 28.3. The van der Waals surface area contributed by atoms with Gasteiger partial charge in [0.2, 0.25) is 0 Å². The largest absolute Gasteiger partial charge is 0.376 e. The number of urea groups is 2. The second-order valence-electron chi connectivity index (χ2n) is 3.73. The summed E-state index contributed by atoms with van der Waals surface area (Å²) >= 11 is 0. The molecule has 11 heteroatoms. The van der Waals surface area contributed by atoms with Crippen LogP contribution in [0.1, 0.15) is 6.92 Å². The highest BCUT2D eigenvalue weighted by molar-refractivity contribution is 5.84. The summed E-state index contributed by atoms with van der Waals surface area (Å²) in [6.45, 7) is 1.38. The number of fused-ring (bicyclic) bond motifs is 1. The van der Waals surface area contributed by atoms with E-state index in [-0.39, 0.29) is 16.7 Å². The highest BCUT2D eigenvalue weighted by Crippen LogP contribution is 2.46. The number of hydrogen-bond acceptors (Lipinski definition) is 7. The molecule has 0 aromatic heterocycles. The van der Waals surface area contributed by atoms with Crippen LogP contribution in [0, 0.1) is 0 Å². The van der Waals surface area contributed by atoms with E-state index in [0.29, 0.717) is 4.90 Å². The van der Waals surface area contributed by atoms with Crippen molar-refractivity contribution in [3.8, 4) is 0 Å². The van der Waals surface area contributed by atoms with Crippen LogP contribution < -0.4 is 0 Å². The molecule has 2 aliphatic heterocycles.